The van der Waals surface area contributed by atoms with Crippen LogP contribution in [0, 0.1) is 11.3 Å². The summed E-state index contributed by atoms with van der Waals surface area (Å²) in [6.45, 7) is 4.29. The number of nitrogens with zero attached hydrogens (tertiary/aromatic N) is 6. The average molecular weight is 387 g/mol. The summed E-state index contributed by atoms with van der Waals surface area (Å²) in [7, 11) is 0. The lowest BCUT2D eigenvalue weighted by atomic mass is 10.1. The van der Waals surface area contributed by atoms with Crippen molar-refractivity contribution in [2.45, 2.75) is 25.3 Å². The van der Waals surface area contributed by atoms with Crippen LogP contribution in [-0.4, -0.2) is 51.0 Å². The van der Waals surface area contributed by atoms with Crippen LogP contribution in [0.4, 0.5) is 5.82 Å². The third-order valence-corrected chi connectivity index (χ3v) is 5.65. The maximum Gasteiger partial charge on any atom is 0.252 e. The van der Waals surface area contributed by atoms with Gasteiger partial charge >= 0.3 is 0 Å². The van der Waals surface area contributed by atoms with E-state index in [1.54, 1.807) is 6.20 Å². The molecule has 146 valence electrons. The van der Waals surface area contributed by atoms with Crippen molar-refractivity contribution in [3.05, 3.63) is 57.9 Å². The Kier molecular flexibility index (Phi) is 4.45. The minimum atomic E-state index is 0.0242. The zero-order chi connectivity index (χ0) is 19.8. The van der Waals surface area contributed by atoms with Crippen molar-refractivity contribution in [3.63, 3.8) is 0 Å². The Morgan fingerprint density at radius 2 is 1.90 bits per heavy atom. The highest BCUT2D eigenvalue weighted by Gasteiger charge is 2.26. The topological polar surface area (TPSA) is 102 Å². The van der Waals surface area contributed by atoms with Crippen molar-refractivity contribution < 1.29 is 0 Å². The summed E-state index contributed by atoms with van der Waals surface area (Å²) in [5.41, 5.74) is 4.00. The number of fused-ring (bicyclic) bond motifs is 1. The van der Waals surface area contributed by atoms with Crippen molar-refractivity contribution in [2.24, 2.45) is 0 Å². The number of rotatable bonds is 4. The number of anilines is 1. The molecule has 0 atom stereocenters. The zero-order valence-corrected chi connectivity index (χ0v) is 16.0. The fraction of sp³-hybridized carbons (Fsp3) is 0.381. The van der Waals surface area contributed by atoms with Gasteiger partial charge in [0.2, 0.25) is 0 Å². The molecule has 5 rings (SSSR count). The van der Waals surface area contributed by atoms with Gasteiger partial charge in [0.1, 0.15) is 11.9 Å². The van der Waals surface area contributed by atoms with Gasteiger partial charge in [-0.1, -0.05) is 0 Å². The van der Waals surface area contributed by atoms with Gasteiger partial charge in [-0.2, -0.15) is 5.26 Å². The Bertz CT molecular complexity index is 1140. The highest BCUT2D eigenvalue weighted by atomic mass is 16.1. The van der Waals surface area contributed by atoms with Crippen LogP contribution >= 0.6 is 0 Å². The average Bonchev–Trinajstić information content (AvgIpc) is 3.59. The lowest BCUT2D eigenvalue weighted by molar-refractivity contribution is 0.249. The minimum Gasteiger partial charge on any atom is -0.353 e. The summed E-state index contributed by atoms with van der Waals surface area (Å²) in [5.74, 6) is 1.22. The Hall–Kier alpha value is -3.31. The normalized spacial score (nSPS) is 17.4. The molecule has 0 aromatic carbocycles. The molecule has 8 heteroatoms. The van der Waals surface area contributed by atoms with Crippen molar-refractivity contribution >= 4 is 16.9 Å². The lowest BCUT2D eigenvalue weighted by Crippen LogP contribution is -2.46. The van der Waals surface area contributed by atoms with Crippen molar-refractivity contribution in [1.29, 1.82) is 5.26 Å². The smallest absolute Gasteiger partial charge is 0.252 e. The summed E-state index contributed by atoms with van der Waals surface area (Å²) < 4.78 is 0. The van der Waals surface area contributed by atoms with Crippen molar-refractivity contribution in [2.75, 3.05) is 31.1 Å². The highest BCUT2D eigenvalue weighted by Crippen LogP contribution is 2.38. The van der Waals surface area contributed by atoms with Gasteiger partial charge < -0.3 is 9.88 Å². The second-order valence-corrected chi connectivity index (χ2v) is 7.74. The Morgan fingerprint density at radius 3 is 2.59 bits per heavy atom. The first-order valence-corrected chi connectivity index (χ1v) is 9.91. The van der Waals surface area contributed by atoms with Crippen LogP contribution in [0.25, 0.3) is 11.0 Å². The van der Waals surface area contributed by atoms with E-state index < -0.39 is 0 Å². The molecule has 2 fully saturated rings. The Morgan fingerprint density at radius 1 is 1.07 bits per heavy atom. The van der Waals surface area contributed by atoms with Gasteiger partial charge in [0.25, 0.3) is 5.56 Å². The van der Waals surface area contributed by atoms with Gasteiger partial charge in [0.05, 0.1) is 23.4 Å². The van der Waals surface area contributed by atoms with Crippen molar-refractivity contribution in [3.8, 4) is 6.07 Å². The molecule has 0 bridgehead atoms. The number of aromatic nitrogens is 4. The molecule has 1 saturated carbocycles. The molecule has 2 aliphatic rings. The van der Waals surface area contributed by atoms with Crippen LogP contribution in [0.1, 0.15) is 35.6 Å². The summed E-state index contributed by atoms with van der Waals surface area (Å²) in [6, 6.07) is 5.98. The van der Waals surface area contributed by atoms with Crippen LogP contribution in [0.2, 0.25) is 0 Å². The summed E-state index contributed by atoms with van der Waals surface area (Å²) >= 11 is 0. The van der Waals surface area contributed by atoms with E-state index in [1.165, 1.54) is 6.20 Å². The zero-order valence-electron chi connectivity index (χ0n) is 16.0. The molecule has 1 aliphatic carbocycles. The first-order valence-electron chi connectivity index (χ1n) is 9.91. The number of nitriles is 1. The van der Waals surface area contributed by atoms with E-state index in [0.717, 1.165) is 73.5 Å². The summed E-state index contributed by atoms with van der Waals surface area (Å²) in [5, 5.41) is 8.84. The van der Waals surface area contributed by atoms with Crippen LogP contribution in [0.3, 0.4) is 0 Å². The van der Waals surface area contributed by atoms with Crippen LogP contribution < -0.4 is 10.5 Å². The number of hydrogen-bond donors (Lipinski definition) is 1. The molecule has 0 spiro atoms. The quantitative estimate of drug-likeness (QED) is 0.728. The van der Waals surface area contributed by atoms with Gasteiger partial charge in [0.15, 0.2) is 5.69 Å². The number of H-pyrrole nitrogens is 1. The van der Waals surface area contributed by atoms with Gasteiger partial charge in [-0.25, -0.2) is 9.97 Å². The highest BCUT2D eigenvalue weighted by molar-refractivity contribution is 5.75. The molecule has 1 saturated heterocycles. The Balaban J connectivity index is 1.25. The lowest BCUT2D eigenvalue weighted by Gasteiger charge is -2.35. The number of hydrogen-bond acceptors (Lipinski definition) is 7. The fourth-order valence-electron chi connectivity index (χ4n) is 3.86. The predicted octanol–water partition coefficient (Wildman–Crippen LogP) is 1.78. The largest absolute Gasteiger partial charge is 0.353 e. The van der Waals surface area contributed by atoms with Crippen molar-refractivity contribution in [1.82, 2.24) is 24.8 Å². The second kappa shape index (κ2) is 7.26. The summed E-state index contributed by atoms with van der Waals surface area (Å²) in [6.07, 6.45) is 7.29. The van der Waals surface area contributed by atoms with Crippen LogP contribution in [0.5, 0.6) is 0 Å². The van der Waals surface area contributed by atoms with Crippen LogP contribution in [-0.2, 0) is 6.54 Å². The molecule has 1 N–H and O–H groups in total. The maximum absolute atomic E-state index is 12.3. The molecule has 0 unspecified atom stereocenters. The monoisotopic (exact) mass is 387 g/mol. The molecule has 1 aliphatic heterocycles. The summed E-state index contributed by atoms with van der Waals surface area (Å²) in [4.78, 5) is 32.9. The standard InChI is InChI=1S/C21H21N7O/c22-9-16-11-25-20(12-23-16)28-5-3-27(4-6-28)13-14-7-19-18(24-10-14)8-17(15-1-2-15)21(29)26-19/h7-8,10-12,15H,1-6,13H2,(H,26,29). The van der Waals surface area contributed by atoms with Gasteiger partial charge in [0, 0.05) is 44.5 Å². The van der Waals surface area contributed by atoms with E-state index >= 15 is 0 Å². The first-order chi connectivity index (χ1) is 14.2. The number of aromatic amines is 1. The molecule has 8 nitrogen and oxygen atoms in total. The SMILES string of the molecule is N#Cc1cnc(N2CCN(Cc3cnc4cc(C5CC5)c(=O)[nH]c4c3)CC2)cn1. The molecule has 0 amide bonds. The molecular weight excluding hydrogens is 366 g/mol. The van der Waals surface area contributed by atoms with E-state index in [4.69, 9.17) is 5.26 Å². The molecule has 3 aromatic rings. The third kappa shape index (κ3) is 3.69. The third-order valence-electron chi connectivity index (χ3n) is 5.65. The number of piperazine rings is 1. The Labute approximate surface area is 167 Å². The van der Waals surface area contributed by atoms with E-state index in [1.807, 2.05) is 24.4 Å². The van der Waals surface area contributed by atoms with E-state index in [-0.39, 0.29) is 5.56 Å². The van der Waals surface area contributed by atoms with E-state index in [9.17, 15) is 4.79 Å². The molecular formula is C21H21N7O. The van der Waals surface area contributed by atoms with Gasteiger partial charge in [-0.05, 0) is 36.5 Å². The first kappa shape index (κ1) is 17.8. The predicted molar refractivity (Wildman–Crippen MR) is 109 cm³/mol. The fourth-order valence-corrected chi connectivity index (χ4v) is 3.86. The maximum atomic E-state index is 12.3. The molecule has 4 heterocycles. The minimum absolute atomic E-state index is 0.0242. The van der Waals surface area contributed by atoms with Gasteiger partial charge in [-0.15, -0.1) is 0 Å². The van der Waals surface area contributed by atoms with E-state index in [0.29, 0.717) is 11.6 Å². The molecule has 29 heavy (non-hydrogen) atoms. The number of pyridine rings is 2. The molecule has 0 radical (unpaired) electrons. The molecule has 3 aromatic heterocycles. The number of nitrogens with one attached hydrogen (secondary N) is 1. The second-order valence-electron chi connectivity index (χ2n) is 7.74. The van der Waals surface area contributed by atoms with Gasteiger partial charge in [-0.3, -0.25) is 14.7 Å². The van der Waals surface area contributed by atoms with Crippen LogP contribution in [0.15, 0.2) is 35.5 Å². The van der Waals surface area contributed by atoms with E-state index in [2.05, 4.69) is 29.7 Å².